The molecule has 0 saturated heterocycles. The molecule has 0 bridgehead atoms. The smallest absolute Gasteiger partial charge is 0.389 e. The monoisotopic (exact) mass is 299 g/mol. The SMILES string of the molecule is C[C@H](O)c1ccc(Sc2ccc(C(F)(F)F)cn2)cc1. The molecule has 6 heteroatoms. The summed E-state index contributed by atoms with van der Waals surface area (Å²) in [6, 6.07) is 9.50. The van der Waals surface area contributed by atoms with Gasteiger partial charge >= 0.3 is 6.18 Å². The van der Waals surface area contributed by atoms with Gasteiger partial charge in [-0.2, -0.15) is 13.2 Å². The Kier molecular flexibility index (Phi) is 4.35. The Morgan fingerprint density at radius 1 is 1.10 bits per heavy atom. The first kappa shape index (κ1) is 14.9. The van der Waals surface area contributed by atoms with Crippen LogP contribution < -0.4 is 0 Å². The van der Waals surface area contributed by atoms with Gasteiger partial charge in [0.25, 0.3) is 0 Å². The van der Waals surface area contributed by atoms with Gasteiger partial charge in [0.05, 0.1) is 11.7 Å². The lowest BCUT2D eigenvalue weighted by molar-refractivity contribution is -0.137. The fourth-order valence-corrected chi connectivity index (χ4v) is 2.30. The van der Waals surface area contributed by atoms with Gasteiger partial charge in [-0.1, -0.05) is 23.9 Å². The average Bonchev–Trinajstić information content (AvgIpc) is 2.39. The fourth-order valence-electron chi connectivity index (χ4n) is 1.54. The lowest BCUT2D eigenvalue weighted by Crippen LogP contribution is -2.04. The normalized spacial score (nSPS) is 13.2. The van der Waals surface area contributed by atoms with E-state index in [0.29, 0.717) is 5.03 Å². The molecule has 20 heavy (non-hydrogen) atoms. The van der Waals surface area contributed by atoms with Crippen molar-refractivity contribution in [1.29, 1.82) is 0 Å². The van der Waals surface area contributed by atoms with Crippen LogP contribution in [-0.4, -0.2) is 10.1 Å². The van der Waals surface area contributed by atoms with Crippen molar-refractivity contribution in [3.05, 3.63) is 53.7 Å². The number of hydrogen-bond acceptors (Lipinski definition) is 3. The number of aliphatic hydroxyl groups excluding tert-OH is 1. The van der Waals surface area contributed by atoms with Gasteiger partial charge in [-0.25, -0.2) is 4.98 Å². The predicted molar refractivity (Wildman–Crippen MR) is 70.4 cm³/mol. The molecule has 1 aromatic carbocycles. The standard InChI is InChI=1S/C14H12F3NOS/c1-9(19)10-2-5-12(6-3-10)20-13-7-4-11(8-18-13)14(15,16)17/h2-9,19H,1H3/t9-/m0/s1. The highest BCUT2D eigenvalue weighted by atomic mass is 32.2. The second-order valence-electron chi connectivity index (χ2n) is 4.23. The van der Waals surface area contributed by atoms with E-state index in [-0.39, 0.29) is 0 Å². The maximum absolute atomic E-state index is 12.4. The average molecular weight is 299 g/mol. The van der Waals surface area contributed by atoms with Gasteiger partial charge in [0.15, 0.2) is 0 Å². The zero-order chi connectivity index (χ0) is 14.8. The number of alkyl halides is 3. The molecular formula is C14H12F3NOS. The molecule has 0 amide bonds. The first-order valence-corrected chi connectivity index (χ1v) is 6.67. The molecule has 1 heterocycles. The third-order valence-electron chi connectivity index (χ3n) is 2.65. The molecule has 2 nitrogen and oxygen atoms in total. The van der Waals surface area contributed by atoms with Crippen LogP contribution in [0.5, 0.6) is 0 Å². The Labute approximate surface area is 118 Å². The van der Waals surface area contributed by atoms with E-state index in [4.69, 9.17) is 0 Å². The second-order valence-corrected chi connectivity index (χ2v) is 5.32. The summed E-state index contributed by atoms with van der Waals surface area (Å²) in [5.41, 5.74) is 0.0287. The van der Waals surface area contributed by atoms with E-state index in [9.17, 15) is 18.3 Å². The second kappa shape index (κ2) is 5.85. The van der Waals surface area contributed by atoms with Crippen molar-refractivity contribution in [3.8, 4) is 0 Å². The van der Waals surface area contributed by atoms with Crippen molar-refractivity contribution in [2.75, 3.05) is 0 Å². The summed E-state index contributed by atoms with van der Waals surface area (Å²) in [6.07, 6.45) is -4.08. The van der Waals surface area contributed by atoms with Gasteiger partial charge in [0.1, 0.15) is 5.03 Å². The highest BCUT2D eigenvalue weighted by Crippen LogP contribution is 2.31. The van der Waals surface area contributed by atoms with Crippen LogP contribution in [-0.2, 0) is 6.18 Å². The molecule has 1 atom stereocenters. The van der Waals surface area contributed by atoms with Crippen molar-refractivity contribution in [3.63, 3.8) is 0 Å². The minimum Gasteiger partial charge on any atom is -0.389 e. The molecular weight excluding hydrogens is 287 g/mol. The Morgan fingerprint density at radius 3 is 2.20 bits per heavy atom. The van der Waals surface area contributed by atoms with Gasteiger partial charge < -0.3 is 5.11 Å². The largest absolute Gasteiger partial charge is 0.417 e. The van der Waals surface area contributed by atoms with Crippen LogP contribution in [0.2, 0.25) is 0 Å². The Bertz CT molecular complexity index is 564. The van der Waals surface area contributed by atoms with Crippen LogP contribution in [0.3, 0.4) is 0 Å². The number of nitrogens with zero attached hydrogens (tertiary/aromatic N) is 1. The third kappa shape index (κ3) is 3.74. The first-order chi connectivity index (χ1) is 9.36. The summed E-state index contributed by atoms with van der Waals surface area (Å²) in [7, 11) is 0. The number of aliphatic hydroxyl groups is 1. The summed E-state index contributed by atoms with van der Waals surface area (Å²) in [5.74, 6) is 0. The predicted octanol–water partition coefficient (Wildman–Crippen LogP) is 4.30. The highest BCUT2D eigenvalue weighted by Gasteiger charge is 2.30. The topological polar surface area (TPSA) is 33.1 Å². The number of halogens is 3. The molecule has 2 aromatic rings. The van der Waals surface area contributed by atoms with Crippen molar-refractivity contribution in [2.45, 2.75) is 29.1 Å². The Balaban J connectivity index is 2.10. The van der Waals surface area contributed by atoms with Gasteiger partial charge in [-0.15, -0.1) is 0 Å². The van der Waals surface area contributed by atoms with E-state index >= 15 is 0 Å². The van der Waals surface area contributed by atoms with Gasteiger partial charge in [0, 0.05) is 11.1 Å². The van der Waals surface area contributed by atoms with E-state index < -0.39 is 17.8 Å². The van der Waals surface area contributed by atoms with Gasteiger partial charge in [-0.3, -0.25) is 0 Å². The number of aromatic nitrogens is 1. The van der Waals surface area contributed by atoms with E-state index in [1.165, 1.54) is 17.8 Å². The Hall–Kier alpha value is -1.53. The lowest BCUT2D eigenvalue weighted by atomic mass is 10.1. The van der Waals surface area contributed by atoms with Crippen LogP contribution in [0.15, 0.2) is 52.5 Å². The summed E-state index contributed by atoms with van der Waals surface area (Å²) in [4.78, 5) is 4.64. The van der Waals surface area contributed by atoms with Crippen molar-refractivity contribution >= 4 is 11.8 Å². The molecule has 0 saturated carbocycles. The highest BCUT2D eigenvalue weighted by molar-refractivity contribution is 7.99. The van der Waals surface area contributed by atoms with Gasteiger partial charge in [-0.05, 0) is 36.8 Å². The van der Waals surface area contributed by atoms with E-state index in [2.05, 4.69) is 4.98 Å². The van der Waals surface area contributed by atoms with Crippen LogP contribution in [0.1, 0.15) is 24.2 Å². The van der Waals surface area contributed by atoms with Gasteiger partial charge in [0.2, 0.25) is 0 Å². The summed E-state index contributed by atoms with van der Waals surface area (Å²) < 4.78 is 37.2. The third-order valence-corrected chi connectivity index (χ3v) is 3.61. The van der Waals surface area contributed by atoms with Crippen LogP contribution in [0, 0.1) is 0 Å². The molecule has 1 N–H and O–H groups in total. The molecule has 106 valence electrons. The summed E-state index contributed by atoms with van der Waals surface area (Å²) in [5, 5.41) is 9.87. The molecule has 2 rings (SSSR count). The number of rotatable bonds is 3. The van der Waals surface area contributed by atoms with Crippen LogP contribution >= 0.6 is 11.8 Å². The van der Waals surface area contributed by atoms with Crippen molar-refractivity contribution in [2.24, 2.45) is 0 Å². The molecule has 0 aliphatic rings. The van der Waals surface area contributed by atoms with Crippen molar-refractivity contribution < 1.29 is 18.3 Å². The minimum atomic E-state index is -4.37. The van der Waals surface area contributed by atoms with E-state index in [1.807, 2.05) is 0 Å². The van der Waals surface area contributed by atoms with Crippen molar-refractivity contribution in [1.82, 2.24) is 4.98 Å². The van der Waals surface area contributed by atoms with E-state index in [0.717, 1.165) is 22.7 Å². The zero-order valence-corrected chi connectivity index (χ0v) is 11.4. The summed E-state index contributed by atoms with van der Waals surface area (Å²) in [6.45, 7) is 1.67. The maximum atomic E-state index is 12.4. The molecule has 0 spiro atoms. The minimum absolute atomic E-state index is 0.489. The number of benzene rings is 1. The zero-order valence-electron chi connectivity index (χ0n) is 10.6. The number of pyridine rings is 1. The van der Waals surface area contributed by atoms with E-state index in [1.54, 1.807) is 31.2 Å². The number of hydrogen-bond donors (Lipinski definition) is 1. The molecule has 0 radical (unpaired) electrons. The molecule has 0 aliphatic carbocycles. The van der Waals surface area contributed by atoms with Crippen LogP contribution in [0.25, 0.3) is 0 Å². The lowest BCUT2D eigenvalue weighted by Gasteiger charge is -2.07. The molecule has 0 aliphatic heterocycles. The van der Waals surface area contributed by atoms with Crippen LogP contribution in [0.4, 0.5) is 13.2 Å². The molecule has 1 aromatic heterocycles. The Morgan fingerprint density at radius 2 is 1.75 bits per heavy atom. The summed E-state index contributed by atoms with van der Waals surface area (Å²) >= 11 is 1.27. The molecule has 0 unspecified atom stereocenters. The maximum Gasteiger partial charge on any atom is 0.417 e. The molecule has 0 fully saturated rings. The first-order valence-electron chi connectivity index (χ1n) is 5.85. The quantitative estimate of drug-likeness (QED) is 0.917. The fraction of sp³-hybridized carbons (Fsp3) is 0.214.